The second kappa shape index (κ2) is 6.67. The molecule has 0 aromatic carbocycles. The summed E-state index contributed by atoms with van der Waals surface area (Å²) in [6.45, 7) is 4.04. The minimum Gasteiger partial charge on any atom is -0.481 e. The van der Waals surface area contributed by atoms with Crippen LogP contribution < -0.4 is 4.72 Å². The molecule has 0 spiro atoms. The Balaban J connectivity index is 2.63. The Kier molecular flexibility index (Phi) is 5.49. The maximum atomic E-state index is 11.8. The third-order valence-electron chi connectivity index (χ3n) is 2.59. The summed E-state index contributed by atoms with van der Waals surface area (Å²) in [6.07, 6.45) is 3.08. The van der Waals surface area contributed by atoms with Crippen LogP contribution in [-0.2, 0) is 14.8 Å². The minimum atomic E-state index is -3.64. The van der Waals surface area contributed by atoms with Crippen LogP contribution in [-0.4, -0.2) is 36.0 Å². The Labute approximate surface area is 112 Å². The molecule has 19 heavy (non-hydrogen) atoms. The highest BCUT2D eigenvalue weighted by molar-refractivity contribution is 7.89. The van der Waals surface area contributed by atoms with Crippen molar-refractivity contribution in [2.24, 2.45) is 11.8 Å². The molecule has 8 heteroatoms. The second-order valence-electron chi connectivity index (χ2n) is 4.86. The van der Waals surface area contributed by atoms with E-state index in [0.717, 1.165) is 0 Å². The van der Waals surface area contributed by atoms with Crippen LogP contribution in [0, 0.1) is 11.8 Å². The molecule has 0 radical (unpaired) electrons. The summed E-state index contributed by atoms with van der Waals surface area (Å²) in [6, 6.07) is 0. The zero-order valence-electron chi connectivity index (χ0n) is 11.0. The van der Waals surface area contributed by atoms with Crippen molar-refractivity contribution < 1.29 is 18.3 Å². The number of nitrogens with one attached hydrogen (secondary N) is 2. The lowest BCUT2D eigenvalue weighted by Crippen LogP contribution is -2.31. The molecule has 7 nitrogen and oxygen atoms in total. The monoisotopic (exact) mass is 289 g/mol. The van der Waals surface area contributed by atoms with E-state index in [4.69, 9.17) is 5.11 Å². The second-order valence-corrected chi connectivity index (χ2v) is 6.60. The van der Waals surface area contributed by atoms with E-state index in [-0.39, 0.29) is 23.9 Å². The van der Waals surface area contributed by atoms with E-state index in [0.29, 0.717) is 12.3 Å². The lowest BCUT2D eigenvalue weighted by atomic mass is 9.94. The maximum absolute atomic E-state index is 11.8. The third kappa shape index (κ3) is 5.39. The summed E-state index contributed by atoms with van der Waals surface area (Å²) < 4.78 is 26.1. The van der Waals surface area contributed by atoms with Crippen molar-refractivity contribution in [1.29, 1.82) is 0 Å². The number of nitrogens with zero attached hydrogens (tertiary/aromatic N) is 1. The van der Waals surface area contributed by atoms with Crippen molar-refractivity contribution >= 4 is 16.0 Å². The fourth-order valence-electron chi connectivity index (χ4n) is 1.85. The first-order chi connectivity index (χ1) is 8.81. The maximum Gasteiger partial charge on any atom is 0.303 e. The van der Waals surface area contributed by atoms with Gasteiger partial charge in [-0.05, 0) is 18.3 Å². The van der Waals surface area contributed by atoms with Gasteiger partial charge >= 0.3 is 5.97 Å². The fourth-order valence-corrected chi connectivity index (χ4v) is 2.87. The summed E-state index contributed by atoms with van der Waals surface area (Å²) in [5.41, 5.74) is 0. The summed E-state index contributed by atoms with van der Waals surface area (Å²) in [5.74, 6) is -0.845. The zero-order chi connectivity index (χ0) is 14.5. The van der Waals surface area contributed by atoms with Gasteiger partial charge in [0.15, 0.2) is 5.03 Å². The molecule has 0 aliphatic rings. The lowest BCUT2D eigenvalue weighted by Gasteiger charge is -2.17. The number of aromatic nitrogens is 2. The molecule has 0 amide bonds. The van der Waals surface area contributed by atoms with Crippen LogP contribution in [0.1, 0.15) is 26.7 Å². The van der Waals surface area contributed by atoms with Crippen molar-refractivity contribution in [3.05, 3.63) is 12.5 Å². The molecule has 0 fully saturated rings. The molecule has 108 valence electrons. The van der Waals surface area contributed by atoms with Gasteiger partial charge in [0, 0.05) is 13.0 Å². The molecule has 1 rings (SSSR count). The van der Waals surface area contributed by atoms with E-state index in [9.17, 15) is 13.2 Å². The Hall–Kier alpha value is -1.41. The van der Waals surface area contributed by atoms with Crippen LogP contribution in [0.25, 0.3) is 0 Å². The van der Waals surface area contributed by atoms with Gasteiger partial charge in [0.1, 0.15) is 0 Å². The molecule has 0 saturated heterocycles. The number of carboxylic acid groups (broad SMARTS) is 1. The van der Waals surface area contributed by atoms with Gasteiger partial charge in [-0.15, -0.1) is 0 Å². The van der Waals surface area contributed by atoms with E-state index < -0.39 is 16.0 Å². The zero-order valence-corrected chi connectivity index (χ0v) is 11.8. The molecule has 1 aromatic rings. The quantitative estimate of drug-likeness (QED) is 0.656. The number of sulfonamides is 1. The largest absolute Gasteiger partial charge is 0.481 e. The number of aliphatic carboxylic acids is 1. The van der Waals surface area contributed by atoms with Crippen LogP contribution in [0.15, 0.2) is 17.6 Å². The number of carboxylic acids is 1. The standard InChI is InChI=1S/C11H19N3O4S/c1-8(2)3-9(4-11(15)16)5-14-19(17,18)10-6-12-7-13-10/h6-9,14H,3-5H2,1-2H3,(H,12,13)(H,15,16). The molecular formula is C11H19N3O4S. The molecule has 0 bridgehead atoms. The smallest absolute Gasteiger partial charge is 0.303 e. The molecule has 1 aromatic heterocycles. The summed E-state index contributed by atoms with van der Waals surface area (Å²) in [5, 5.41) is 8.79. The highest BCUT2D eigenvalue weighted by Gasteiger charge is 2.20. The summed E-state index contributed by atoms with van der Waals surface area (Å²) in [7, 11) is -3.64. The molecular weight excluding hydrogens is 270 g/mol. The fraction of sp³-hybridized carbons (Fsp3) is 0.636. The lowest BCUT2D eigenvalue weighted by molar-refractivity contribution is -0.138. The van der Waals surface area contributed by atoms with E-state index in [1.54, 1.807) is 0 Å². The first kappa shape index (κ1) is 15.6. The summed E-state index contributed by atoms with van der Waals surface area (Å²) >= 11 is 0. The van der Waals surface area contributed by atoms with Crippen LogP contribution in [0.5, 0.6) is 0 Å². The number of imidazole rings is 1. The predicted octanol–water partition coefficient (Wildman–Crippen LogP) is 0.825. The highest BCUT2D eigenvalue weighted by Crippen LogP contribution is 2.15. The van der Waals surface area contributed by atoms with Gasteiger partial charge in [-0.1, -0.05) is 13.8 Å². The van der Waals surface area contributed by atoms with Crippen LogP contribution in [0.4, 0.5) is 0 Å². The molecule has 0 aliphatic heterocycles. The molecule has 0 aliphatic carbocycles. The molecule has 3 N–H and O–H groups in total. The topological polar surface area (TPSA) is 112 Å². The Morgan fingerprint density at radius 2 is 2.21 bits per heavy atom. The SMILES string of the molecule is CC(C)CC(CNS(=O)(=O)c1cnc[nH]1)CC(=O)O. The predicted molar refractivity (Wildman–Crippen MR) is 69.0 cm³/mol. The van der Waals surface area contributed by atoms with Crippen LogP contribution in [0.2, 0.25) is 0 Å². The van der Waals surface area contributed by atoms with Crippen molar-refractivity contribution in [3.8, 4) is 0 Å². The average Bonchev–Trinajstić information content (AvgIpc) is 2.78. The normalized spacial score (nSPS) is 13.6. The first-order valence-electron chi connectivity index (χ1n) is 6.01. The Morgan fingerprint density at radius 3 is 2.68 bits per heavy atom. The third-order valence-corrected chi connectivity index (χ3v) is 3.94. The average molecular weight is 289 g/mol. The molecule has 1 unspecified atom stereocenters. The Morgan fingerprint density at radius 1 is 1.53 bits per heavy atom. The number of carbonyl (C=O) groups is 1. The molecule has 1 heterocycles. The molecule has 0 saturated carbocycles. The van der Waals surface area contributed by atoms with E-state index in [1.165, 1.54) is 12.5 Å². The minimum absolute atomic E-state index is 0.0221. The van der Waals surface area contributed by atoms with Crippen LogP contribution in [0.3, 0.4) is 0 Å². The van der Waals surface area contributed by atoms with Gasteiger partial charge in [-0.3, -0.25) is 4.79 Å². The summed E-state index contributed by atoms with van der Waals surface area (Å²) in [4.78, 5) is 16.9. The van der Waals surface area contributed by atoms with Gasteiger partial charge in [-0.2, -0.15) is 0 Å². The van der Waals surface area contributed by atoms with Crippen LogP contribution >= 0.6 is 0 Å². The van der Waals surface area contributed by atoms with Gasteiger partial charge in [0.2, 0.25) is 0 Å². The van der Waals surface area contributed by atoms with Gasteiger partial charge < -0.3 is 10.1 Å². The number of H-pyrrole nitrogens is 1. The van der Waals surface area contributed by atoms with E-state index >= 15 is 0 Å². The number of hydrogen-bond donors (Lipinski definition) is 3. The number of hydrogen-bond acceptors (Lipinski definition) is 4. The number of rotatable bonds is 8. The molecule has 1 atom stereocenters. The van der Waals surface area contributed by atoms with Gasteiger partial charge in [0.25, 0.3) is 10.0 Å². The highest BCUT2D eigenvalue weighted by atomic mass is 32.2. The van der Waals surface area contributed by atoms with Gasteiger partial charge in [-0.25, -0.2) is 18.1 Å². The van der Waals surface area contributed by atoms with Crippen molar-refractivity contribution in [1.82, 2.24) is 14.7 Å². The first-order valence-corrected chi connectivity index (χ1v) is 7.49. The van der Waals surface area contributed by atoms with Gasteiger partial charge in [0.05, 0.1) is 12.5 Å². The number of aromatic amines is 1. The van der Waals surface area contributed by atoms with E-state index in [1.807, 2.05) is 13.8 Å². The van der Waals surface area contributed by atoms with Crippen molar-refractivity contribution in [2.75, 3.05) is 6.54 Å². The van der Waals surface area contributed by atoms with Crippen molar-refractivity contribution in [3.63, 3.8) is 0 Å². The van der Waals surface area contributed by atoms with Crippen molar-refractivity contribution in [2.45, 2.75) is 31.7 Å². The van der Waals surface area contributed by atoms with E-state index in [2.05, 4.69) is 14.7 Å². The Bertz CT molecular complexity index is 496.